The predicted molar refractivity (Wildman–Crippen MR) is 146 cm³/mol. The Kier molecular flexibility index (Phi) is 9.08. The molecule has 0 atom stereocenters. The molecule has 4 N–H and O–H groups in total. The van der Waals surface area contributed by atoms with Gasteiger partial charge in [-0.05, 0) is 60.1 Å². The number of phenolic OH excluding ortho intramolecular Hbond substituents is 2. The first-order valence-electron chi connectivity index (χ1n) is 12.3. The zero-order chi connectivity index (χ0) is 30.8. The Morgan fingerprint density at radius 1 is 0.854 bits per heavy atom. The number of aromatic hydroxyl groups is 2. The van der Waals surface area contributed by atoms with Gasteiger partial charge in [-0.2, -0.15) is 30.0 Å². The fourth-order valence-corrected chi connectivity index (χ4v) is 5.99. The average Bonchev–Trinajstić information content (AvgIpc) is 3.31. The zero-order valence-electron chi connectivity index (χ0n) is 22.4. The summed E-state index contributed by atoms with van der Waals surface area (Å²) in [6.45, 7) is 6.09. The van der Waals surface area contributed by atoms with Gasteiger partial charge in [0, 0.05) is 18.8 Å². The number of aryl methyl sites for hydroxylation is 2. The van der Waals surface area contributed by atoms with Crippen molar-refractivity contribution in [2.75, 3.05) is 15.2 Å². The Bertz CT molecular complexity index is 1540. The number of alkyl halides is 3. The molecule has 0 aromatic heterocycles. The lowest BCUT2D eigenvalue weighted by atomic mass is 9.88. The van der Waals surface area contributed by atoms with Crippen molar-refractivity contribution < 1.29 is 45.0 Å². The van der Waals surface area contributed by atoms with Gasteiger partial charge in [0.05, 0.1) is 11.4 Å². The lowest BCUT2D eigenvalue weighted by Gasteiger charge is -2.19. The van der Waals surface area contributed by atoms with Gasteiger partial charge in [-0.25, -0.2) is 13.3 Å². The average molecular weight is 621 g/mol. The van der Waals surface area contributed by atoms with Gasteiger partial charge >= 0.3 is 26.6 Å². The van der Waals surface area contributed by atoms with E-state index in [2.05, 4.69) is 25.5 Å². The Hall–Kier alpha value is -3.66. The van der Waals surface area contributed by atoms with E-state index in [0.717, 1.165) is 33.1 Å². The third-order valence-electron chi connectivity index (χ3n) is 5.95. The highest BCUT2D eigenvalue weighted by atomic mass is 32.2. The second kappa shape index (κ2) is 11.7. The van der Waals surface area contributed by atoms with Crippen LogP contribution in [0, 0.1) is 5.41 Å². The molecule has 2 heterocycles. The molecule has 0 bridgehead atoms. The molecule has 1 fully saturated rings. The molecule has 1 saturated heterocycles. The maximum Gasteiger partial charge on any atom is 0.389 e. The van der Waals surface area contributed by atoms with Crippen LogP contribution in [-0.4, -0.2) is 45.7 Å². The molecular formula is C25H31F3N4O7S2. The minimum Gasteiger partial charge on any atom is -0.506 e. The van der Waals surface area contributed by atoms with Crippen LogP contribution < -0.4 is 18.1 Å². The van der Waals surface area contributed by atoms with Gasteiger partial charge in [0.1, 0.15) is 18.0 Å². The summed E-state index contributed by atoms with van der Waals surface area (Å²) in [4.78, 5) is 11.2. The molecule has 1 amide bonds. The van der Waals surface area contributed by atoms with Gasteiger partial charge in [-0.15, -0.1) is 0 Å². The van der Waals surface area contributed by atoms with E-state index in [-0.39, 0.29) is 41.1 Å². The van der Waals surface area contributed by atoms with Gasteiger partial charge in [0.25, 0.3) is 5.91 Å². The van der Waals surface area contributed by atoms with Crippen LogP contribution in [0.4, 0.5) is 24.5 Å². The number of carbonyl (C=O) groups is 1. The van der Waals surface area contributed by atoms with Crippen LogP contribution >= 0.6 is 0 Å². The lowest BCUT2D eigenvalue weighted by Crippen LogP contribution is -2.29. The van der Waals surface area contributed by atoms with Crippen LogP contribution in [0.5, 0.6) is 11.5 Å². The van der Waals surface area contributed by atoms with Crippen LogP contribution in [0.25, 0.3) is 0 Å². The Balaban J connectivity index is 0.000000226. The Labute approximate surface area is 236 Å². The number of carbonyl (C=O) groups excluding carboxylic acids is 1. The fourth-order valence-electron chi connectivity index (χ4n) is 3.84. The molecule has 0 saturated carbocycles. The third kappa shape index (κ3) is 8.66. The van der Waals surface area contributed by atoms with Crippen molar-refractivity contribution in [1.29, 1.82) is 0 Å². The Morgan fingerprint density at radius 3 is 1.80 bits per heavy atom. The van der Waals surface area contributed by atoms with Crippen LogP contribution in [0.3, 0.4) is 0 Å². The molecule has 16 heteroatoms. The number of phenols is 2. The molecule has 2 aliphatic heterocycles. The molecule has 0 aliphatic carbocycles. The molecule has 226 valence electrons. The van der Waals surface area contributed by atoms with Crippen molar-refractivity contribution in [2.45, 2.75) is 52.6 Å². The molecule has 41 heavy (non-hydrogen) atoms. The minimum atomic E-state index is -4.28. The summed E-state index contributed by atoms with van der Waals surface area (Å²) in [6, 6.07) is 8.60. The summed E-state index contributed by atoms with van der Waals surface area (Å²) in [6.07, 6.45) is -1.45. The van der Waals surface area contributed by atoms with E-state index in [1.54, 1.807) is 12.1 Å². The maximum atomic E-state index is 12.1. The number of hydrogen-bond donors (Lipinski definition) is 4. The monoisotopic (exact) mass is 620 g/mol. The van der Waals surface area contributed by atoms with Crippen LogP contribution in [0.2, 0.25) is 0 Å². The topological polar surface area (TPSA) is 156 Å². The molecule has 0 unspecified atom stereocenters. The SMILES string of the molecule is CC(C)(C)CCc1ccc(N2CC(=O)NS2(=O)=O)c(O)c1.O=S1(=O)NC=CN1c1ccc(CCC(F)(F)F)cc1O. The summed E-state index contributed by atoms with van der Waals surface area (Å²) < 4.78 is 88.5. The number of benzene rings is 2. The van der Waals surface area contributed by atoms with E-state index in [4.69, 9.17) is 0 Å². The van der Waals surface area contributed by atoms with Crippen molar-refractivity contribution in [1.82, 2.24) is 9.44 Å². The summed E-state index contributed by atoms with van der Waals surface area (Å²) in [5.74, 6) is -1.14. The number of nitrogens with one attached hydrogen (secondary N) is 2. The van der Waals surface area contributed by atoms with Gasteiger partial charge in [0.15, 0.2) is 0 Å². The van der Waals surface area contributed by atoms with E-state index in [0.29, 0.717) is 0 Å². The molecular weight excluding hydrogens is 589 g/mol. The van der Waals surface area contributed by atoms with Crippen molar-refractivity contribution >= 4 is 37.7 Å². The highest BCUT2D eigenvalue weighted by Crippen LogP contribution is 2.34. The standard InChI is InChI=1S/C14H20N2O4S.C11H11F3N2O3S/c1-14(2,3)7-6-10-4-5-11(12(17)8-10)16-9-13(18)15-21(16,19)20;12-11(13,14)4-3-8-1-2-9(10(17)7-8)16-6-5-15-20(16,18)19/h4-5,8,17H,6-7,9H2,1-3H3,(H,15,18);1-2,5-7,15,17H,3-4H2. The van der Waals surface area contributed by atoms with Crippen molar-refractivity contribution in [2.24, 2.45) is 5.41 Å². The fraction of sp³-hybridized carbons (Fsp3) is 0.400. The van der Waals surface area contributed by atoms with Crippen molar-refractivity contribution in [3.05, 3.63) is 59.9 Å². The van der Waals surface area contributed by atoms with Crippen LogP contribution in [0.1, 0.15) is 44.7 Å². The third-order valence-corrected chi connectivity index (χ3v) is 8.61. The second-order valence-corrected chi connectivity index (χ2v) is 13.8. The highest BCUT2D eigenvalue weighted by Gasteiger charge is 2.35. The number of halogens is 3. The van der Waals surface area contributed by atoms with E-state index in [9.17, 15) is 45.0 Å². The molecule has 11 nitrogen and oxygen atoms in total. The minimum absolute atomic E-state index is 0.0259. The molecule has 0 radical (unpaired) electrons. The first-order chi connectivity index (χ1) is 18.8. The largest absolute Gasteiger partial charge is 0.506 e. The number of rotatable bonds is 6. The summed E-state index contributed by atoms with van der Waals surface area (Å²) >= 11 is 0. The van der Waals surface area contributed by atoms with Crippen molar-refractivity contribution in [3.63, 3.8) is 0 Å². The van der Waals surface area contributed by atoms with Gasteiger partial charge in [0.2, 0.25) is 0 Å². The maximum absolute atomic E-state index is 12.1. The zero-order valence-corrected chi connectivity index (χ0v) is 24.1. The van der Waals surface area contributed by atoms with E-state index >= 15 is 0 Å². The number of nitrogens with zero attached hydrogens (tertiary/aromatic N) is 2. The van der Waals surface area contributed by atoms with Crippen molar-refractivity contribution in [3.8, 4) is 11.5 Å². The summed E-state index contributed by atoms with van der Waals surface area (Å²) in [7, 11) is -7.67. The van der Waals surface area contributed by atoms with Gasteiger partial charge in [-0.3, -0.25) is 9.52 Å². The quantitative estimate of drug-likeness (QED) is 0.385. The Morgan fingerprint density at radius 2 is 1.39 bits per heavy atom. The van der Waals surface area contributed by atoms with E-state index < -0.39 is 44.7 Å². The van der Waals surface area contributed by atoms with Crippen LogP contribution in [-0.2, 0) is 38.1 Å². The first kappa shape index (κ1) is 31.9. The van der Waals surface area contributed by atoms with Gasteiger partial charge < -0.3 is 10.2 Å². The normalized spacial score (nSPS) is 17.6. The lowest BCUT2D eigenvalue weighted by molar-refractivity contribution is -0.134. The van der Waals surface area contributed by atoms with E-state index in [1.807, 2.05) is 4.72 Å². The molecule has 2 aromatic rings. The molecule has 2 aromatic carbocycles. The molecule has 2 aliphatic rings. The van der Waals surface area contributed by atoms with Gasteiger partial charge in [-0.1, -0.05) is 32.9 Å². The smallest absolute Gasteiger partial charge is 0.389 e. The number of hydrogen-bond acceptors (Lipinski definition) is 7. The number of amides is 1. The van der Waals surface area contributed by atoms with E-state index in [1.165, 1.54) is 30.6 Å². The molecule has 0 spiro atoms. The number of anilines is 2. The predicted octanol–water partition coefficient (Wildman–Crippen LogP) is 3.56. The first-order valence-corrected chi connectivity index (χ1v) is 15.2. The van der Waals surface area contributed by atoms with Crippen LogP contribution in [0.15, 0.2) is 48.8 Å². The second-order valence-electron chi connectivity index (χ2n) is 10.6. The summed E-state index contributed by atoms with van der Waals surface area (Å²) in [5, 5.41) is 19.8. The molecule has 4 rings (SSSR count). The summed E-state index contributed by atoms with van der Waals surface area (Å²) in [5.41, 5.74) is 1.48. The highest BCUT2D eigenvalue weighted by molar-refractivity contribution is 7.92.